The molecule has 0 aliphatic carbocycles. The Kier molecular flexibility index (Phi) is 3.69. The molecule has 2 nitrogen and oxygen atoms in total. The number of hydrogen-bond donors (Lipinski definition) is 1. The van der Waals surface area contributed by atoms with E-state index in [1.165, 1.54) is 5.56 Å². The molecule has 0 unspecified atom stereocenters. The first-order valence-electron chi connectivity index (χ1n) is 4.94. The lowest BCUT2D eigenvalue weighted by Gasteiger charge is -2.16. The van der Waals surface area contributed by atoms with Crippen LogP contribution in [-0.4, -0.2) is 5.91 Å². The molecule has 76 valence electrons. The summed E-state index contributed by atoms with van der Waals surface area (Å²) in [6.07, 6.45) is 0.744. The molecule has 0 aromatic heterocycles. The largest absolute Gasteiger partial charge is 0.369 e. The predicted octanol–water partition coefficient (Wildman–Crippen LogP) is 1.99. The first kappa shape index (κ1) is 10.8. The van der Waals surface area contributed by atoms with Crippen molar-refractivity contribution in [1.29, 1.82) is 0 Å². The van der Waals surface area contributed by atoms with E-state index < -0.39 is 0 Å². The van der Waals surface area contributed by atoms with Crippen LogP contribution in [0.25, 0.3) is 0 Å². The highest BCUT2D eigenvalue weighted by molar-refractivity contribution is 5.77. The molecule has 2 N–H and O–H groups in total. The van der Waals surface area contributed by atoms with Gasteiger partial charge in [0.25, 0.3) is 0 Å². The highest BCUT2D eigenvalue weighted by Gasteiger charge is 2.19. The molecule has 14 heavy (non-hydrogen) atoms. The van der Waals surface area contributed by atoms with Crippen LogP contribution in [0.3, 0.4) is 0 Å². The van der Waals surface area contributed by atoms with E-state index in [4.69, 9.17) is 5.73 Å². The summed E-state index contributed by atoms with van der Waals surface area (Å²) in [5.74, 6) is 0.0361. The highest BCUT2D eigenvalue weighted by Crippen LogP contribution is 2.16. The minimum atomic E-state index is -0.205. The Balaban J connectivity index is 2.70. The van der Waals surface area contributed by atoms with Gasteiger partial charge in [0.15, 0.2) is 0 Å². The fourth-order valence-corrected chi connectivity index (χ4v) is 1.53. The molecule has 0 heterocycles. The lowest BCUT2D eigenvalue weighted by atomic mass is 9.89. The summed E-state index contributed by atoms with van der Waals surface area (Å²) in [4.78, 5) is 11.2. The molecular formula is C12H17NO. The van der Waals surface area contributed by atoms with Crippen LogP contribution in [0, 0.1) is 11.8 Å². The van der Waals surface area contributed by atoms with Crippen molar-refractivity contribution in [3.63, 3.8) is 0 Å². The van der Waals surface area contributed by atoms with Crippen molar-refractivity contribution in [2.24, 2.45) is 17.6 Å². The normalized spacial score (nSPS) is 12.8. The maximum Gasteiger partial charge on any atom is 0.221 e. The second-order valence-corrected chi connectivity index (χ2v) is 3.94. The molecule has 0 aliphatic rings. The van der Waals surface area contributed by atoms with Crippen molar-refractivity contribution < 1.29 is 4.79 Å². The number of carbonyl (C=O) groups excluding carboxylic acids is 1. The Hall–Kier alpha value is -1.31. The lowest BCUT2D eigenvalue weighted by molar-refractivity contribution is -0.123. The van der Waals surface area contributed by atoms with Crippen LogP contribution < -0.4 is 5.73 Å². The minimum Gasteiger partial charge on any atom is -0.369 e. The molecule has 0 saturated heterocycles. The summed E-state index contributed by atoms with van der Waals surface area (Å²) >= 11 is 0. The summed E-state index contributed by atoms with van der Waals surface area (Å²) in [7, 11) is 0. The van der Waals surface area contributed by atoms with Crippen LogP contribution in [0.1, 0.15) is 19.4 Å². The molecule has 1 amide bonds. The molecule has 0 aliphatic heterocycles. The van der Waals surface area contributed by atoms with Gasteiger partial charge in [-0.15, -0.1) is 0 Å². The van der Waals surface area contributed by atoms with E-state index in [1.54, 1.807) is 0 Å². The summed E-state index contributed by atoms with van der Waals surface area (Å²) in [6, 6.07) is 9.98. The van der Waals surface area contributed by atoms with Crippen LogP contribution in [-0.2, 0) is 11.2 Å². The van der Waals surface area contributed by atoms with E-state index in [2.05, 4.69) is 0 Å². The number of amides is 1. The average molecular weight is 191 g/mol. The van der Waals surface area contributed by atoms with Crippen molar-refractivity contribution in [2.45, 2.75) is 20.3 Å². The van der Waals surface area contributed by atoms with E-state index in [0.29, 0.717) is 5.92 Å². The van der Waals surface area contributed by atoms with Crippen LogP contribution in [0.5, 0.6) is 0 Å². The molecule has 1 rings (SSSR count). The molecule has 0 saturated carbocycles. The quantitative estimate of drug-likeness (QED) is 0.777. The Morgan fingerprint density at radius 3 is 2.29 bits per heavy atom. The number of hydrogen-bond acceptors (Lipinski definition) is 1. The highest BCUT2D eigenvalue weighted by atomic mass is 16.1. The Bertz CT molecular complexity index is 292. The van der Waals surface area contributed by atoms with E-state index in [0.717, 1.165) is 6.42 Å². The van der Waals surface area contributed by atoms with Crippen LogP contribution >= 0.6 is 0 Å². The van der Waals surface area contributed by atoms with E-state index in [1.807, 2.05) is 44.2 Å². The lowest BCUT2D eigenvalue weighted by Crippen LogP contribution is -2.29. The summed E-state index contributed by atoms with van der Waals surface area (Å²) in [6.45, 7) is 4.05. The number of carbonyl (C=O) groups is 1. The molecule has 1 aromatic carbocycles. The average Bonchev–Trinajstić information content (AvgIpc) is 2.15. The van der Waals surface area contributed by atoms with Gasteiger partial charge in [0.2, 0.25) is 5.91 Å². The topological polar surface area (TPSA) is 43.1 Å². The fourth-order valence-electron chi connectivity index (χ4n) is 1.53. The molecule has 1 aromatic rings. The third kappa shape index (κ3) is 2.87. The molecule has 0 spiro atoms. The van der Waals surface area contributed by atoms with Gasteiger partial charge >= 0.3 is 0 Å². The molecule has 0 radical (unpaired) electrons. The zero-order valence-electron chi connectivity index (χ0n) is 8.73. The fraction of sp³-hybridized carbons (Fsp3) is 0.417. The van der Waals surface area contributed by atoms with E-state index >= 15 is 0 Å². The maximum absolute atomic E-state index is 11.2. The van der Waals surface area contributed by atoms with Crippen molar-refractivity contribution in [1.82, 2.24) is 0 Å². The van der Waals surface area contributed by atoms with Crippen LogP contribution in [0.2, 0.25) is 0 Å². The molecule has 2 heteroatoms. The van der Waals surface area contributed by atoms with Gasteiger partial charge in [0.1, 0.15) is 0 Å². The maximum atomic E-state index is 11.2. The third-order valence-corrected chi connectivity index (χ3v) is 2.47. The second kappa shape index (κ2) is 4.80. The summed E-state index contributed by atoms with van der Waals surface area (Å²) in [5.41, 5.74) is 6.52. The van der Waals surface area contributed by atoms with E-state index in [9.17, 15) is 4.79 Å². The van der Waals surface area contributed by atoms with Gasteiger partial charge in [0.05, 0.1) is 0 Å². The standard InChI is InChI=1S/C12H17NO/c1-9(2)11(12(13)14)8-10-6-4-3-5-7-10/h3-7,9,11H,8H2,1-2H3,(H2,13,14)/t11-/m1/s1. The zero-order valence-corrected chi connectivity index (χ0v) is 8.73. The monoisotopic (exact) mass is 191 g/mol. The number of primary amides is 1. The number of benzene rings is 1. The SMILES string of the molecule is CC(C)[C@@H](Cc1ccccc1)C(N)=O. The van der Waals surface area contributed by atoms with Gasteiger partial charge in [-0.25, -0.2) is 0 Å². The van der Waals surface area contributed by atoms with Crippen molar-refractivity contribution in [3.05, 3.63) is 35.9 Å². The smallest absolute Gasteiger partial charge is 0.221 e. The molecule has 0 bridgehead atoms. The van der Waals surface area contributed by atoms with Gasteiger partial charge in [-0.1, -0.05) is 44.2 Å². The molecular weight excluding hydrogens is 174 g/mol. The van der Waals surface area contributed by atoms with Crippen LogP contribution in [0.4, 0.5) is 0 Å². The van der Waals surface area contributed by atoms with Gasteiger partial charge in [-0.2, -0.15) is 0 Å². The zero-order chi connectivity index (χ0) is 10.6. The van der Waals surface area contributed by atoms with Gasteiger partial charge in [0, 0.05) is 5.92 Å². The Morgan fingerprint density at radius 1 is 1.29 bits per heavy atom. The van der Waals surface area contributed by atoms with Crippen molar-refractivity contribution >= 4 is 5.91 Å². The first-order chi connectivity index (χ1) is 6.61. The molecule has 0 fully saturated rings. The summed E-state index contributed by atoms with van der Waals surface area (Å²) < 4.78 is 0. The summed E-state index contributed by atoms with van der Waals surface area (Å²) in [5, 5.41) is 0. The Morgan fingerprint density at radius 2 is 1.86 bits per heavy atom. The second-order valence-electron chi connectivity index (χ2n) is 3.94. The van der Waals surface area contributed by atoms with Crippen LogP contribution in [0.15, 0.2) is 30.3 Å². The van der Waals surface area contributed by atoms with Crippen molar-refractivity contribution in [3.8, 4) is 0 Å². The third-order valence-electron chi connectivity index (χ3n) is 2.47. The minimum absolute atomic E-state index is 0.0580. The van der Waals surface area contributed by atoms with Gasteiger partial charge in [-0.05, 0) is 17.9 Å². The number of rotatable bonds is 4. The first-order valence-corrected chi connectivity index (χ1v) is 4.94. The van der Waals surface area contributed by atoms with Gasteiger partial charge < -0.3 is 5.73 Å². The Labute approximate surface area is 85.1 Å². The predicted molar refractivity (Wildman–Crippen MR) is 57.7 cm³/mol. The van der Waals surface area contributed by atoms with E-state index in [-0.39, 0.29) is 11.8 Å². The molecule has 1 atom stereocenters. The number of nitrogens with two attached hydrogens (primary N) is 1. The van der Waals surface area contributed by atoms with Crippen molar-refractivity contribution in [2.75, 3.05) is 0 Å². The van der Waals surface area contributed by atoms with Gasteiger partial charge in [-0.3, -0.25) is 4.79 Å².